The number of aryl methyl sites for hydroxylation is 2. The molecule has 1 aromatic rings. The first kappa shape index (κ1) is 18.1. The average Bonchev–Trinajstić information content (AvgIpc) is 3.05. The maximum absolute atomic E-state index is 14.7. The molecule has 2 heteroatoms. The van der Waals surface area contributed by atoms with E-state index in [0.717, 1.165) is 29.5 Å². The van der Waals surface area contributed by atoms with Gasteiger partial charge in [0.1, 0.15) is 0 Å². The summed E-state index contributed by atoms with van der Waals surface area (Å²) in [4.78, 5) is 0. The normalized spacial score (nSPS) is 20.2. The van der Waals surface area contributed by atoms with Crippen molar-refractivity contribution in [3.8, 4) is 0 Å². The molecule has 0 N–H and O–H groups in total. The lowest BCUT2D eigenvalue weighted by Crippen LogP contribution is -2.33. The highest BCUT2D eigenvalue weighted by Crippen LogP contribution is 2.62. The summed E-state index contributed by atoms with van der Waals surface area (Å²) in [6, 6.07) is 3.83. The second-order valence-corrected chi connectivity index (χ2v) is 5.79. The number of hydrogen-bond acceptors (Lipinski definition) is 0. The minimum atomic E-state index is -2.62. The van der Waals surface area contributed by atoms with E-state index in [2.05, 4.69) is 0 Å². The van der Waals surface area contributed by atoms with Crippen molar-refractivity contribution in [2.24, 2.45) is 5.41 Å². The molecule has 2 aliphatic rings. The van der Waals surface area contributed by atoms with Crippen LogP contribution in [0.4, 0.5) is 8.78 Å². The SMILES string of the molecule is CC.CC.Cc1ccc(C)c2c1CC1(CCCC1)C2(F)F. The van der Waals surface area contributed by atoms with E-state index < -0.39 is 11.3 Å². The van der Waals surface area contributed by atoms with E-state index in [9.17, 15) is 8.78 Å². The van der Waals surface area contributed by atoms with E-state index >= 15 is 0 Å². The number of halogens is 2. The van der Waals surface area contributed by atoms with E-state index in [0.29, 0.717) is 24.8 Å². The number of alkyl halides is 2. The second kappa shape index (κ2) is 6.89. The lowest BCUT2D eigenvalue weighted by Gasteiger charge is -2.31. The van der Waals surface area contributed by atoms with Crippen LogP contribution in [0.15, 0.2) is 12.1 Å². The van der Waals surface area contributed by atoms with Crippen LogP contribution < -0.4 is 0 Å². The van der Waals surface area contributed by atoms with Crippen LogP contribution in [0, 0.1) is 19.3 Å². The molecule has 120 valence electrons. The minimum Gasteiger partial charge on any atom is -0.201 e. The number of fused-ring (bicyclic) bond motifs is 1. The fourth-order valence-corrected chi connectivity index (χ4v) is 3.79. The zero-order chi connectivity index (χ0) is 16.3. The van der Waals surface area contributed by atoms with Gasteiger partial charge >= 0.3 is 0 Å². The molecule has 0 nitrogen and oxygen atoms in total. The van der Waals surface area contributed by atoms with E-state index in [1.165, 1.54) is 0 Å². The van der Waals surface area contributed by atoms with Gasteiger partial charge in [0.2, 0.25) is 0 Å². The fourth-order valence-electron chi connectivity index (χ4n) is 3.79. The van der Waals surface area contributed by atoms with Gasteiger partial charge in [0.05, 0.1) is 0 Å². The van der Waals surface area contributed by atoms with Gasteiger partial charge < -0.3 is 0 Å². The van der Waals surface area contributed by atoms with Crippen LogP contribution in [0.25, 0.3) is 0 Å². The standard InChI is InChI=1S/C15H18F2.2C2H6/c1-10-5-6-11(2)13-12(10)9-14(15(13,16)17)7-3-4-8-14;2*1-2/h5-6H,3-4,7-9H2,1-2H3;2*1-2H3. The van der Waals surface area contributed by atoms with Crippen LogP contribution in [0.2, 0.25) is 0 Å². The van der Waals surface area contributed by atoms with Gasteiger partial charge in [-0.05, 0) is 49.8 Å². The summed E-state index contributed by atoms with van der Waals surface area (Å²) in [6.07, 6.45) is 3.88. The monoisotopic (exact) mass is 296 g/mol. The minimum absolute atomic E-state index is 0.347. The topological polar surface area (TPSA) is 0 Å². The quantitative estimate of drug-likeness (QED) is 0.508. The molecule has 2 aliphatic carbocycles. The third-order valence-electron chi connectivity index (χ3n) is 4.81. The third kappa shape index (κ3) is 2.74. The Bertz CT molecular complexity index is 469. The molecular weight excluding hydrogens is 266 g/mol. The highest BCUT2D eigenvalue weighted by Gasteiger charge is 2.61. The van der Waals surface area contributed by atoms with Crippen LogP contribution in [-0.2, 0) is 12.3 Å². The molecule has 0 heterocycles. The summed E-state index contributed by atoms with van der Waals surface area (Å²) in [5.74, 6) is -2.62. The average molecular weight is 296 g/mol. The van der Waals surface area contributed by atoms with Gasteiger partial charge in [-0.2, -0.15) is 0 Å². The maximum atomic E-state index is 14.7. The van der Waals surface area contributed by atoms with E-state index in [1.807, 2.05) is 53.7 Å². The van der Waals surface area contributed by atoms with Gasteiger partial charge in [-0.1, -0.05) is 52.7 Å². The summed E-state index contributed by atoms with van der Waals surface area (Å²) in [6.45, 7) is 11.8. The van der Waals surface area contributed by atoms with Crippen molar-refractivity contribution in [1.82, 2.24) is 0 Å². The molecule has 1 fully saturated rings. The van der Waals surface area contributed by atoms with Gasteiger partial charge in [-0.3, -0.25) is 0 Å². The van der Waals surface area contributed by atoms with Crippen LogP contribution in [-0.4, -0.2) is 0 Å². The van der Waals surface area contributed by atoms with Crippen LogP contribution in [0.3, 0.4) is 0 Å². The van der Waals surface area contributed by atoms with Crippen LogP contribution in [0.5, 0.6) is 0 Å². The molecule has 3 rings (SSSR count). The van der Waals surface area contributed by atoms with Crippen LogP contribution in [0.1, 0.15) is 75.6 Å². The smallest absolute Gasteiger partial charge is 0.201 e. The van der Waals surface area contributed by atoms with E-state index in [4.69, 9.17) is 0 Å². The molecule has 1 spiro atoms. The second-order valence-electron chi connectivity index (χ2n) is 5.79. The molecule has 0 saturated heterocycles. The zero-order valence-electron chi connectivity index (χ0n) is 14.4. The molecule has 1 saturated carbocycles. The molecule has 0 aromatic heterocycles. The summed E-state index contributed by atoms with van der Waals surface area (Å²) in [5.41, 5.74) is 2.32. The van der Waals surface area contributed by atoms with Gasteiger partial charge in [-0.25, -0.2) is 8.78 Å². The Hall–Kier alpha value is -0.920. The third-order valence-corrected chi connectivity index (χ3v) is 4.81. The Morgan fingerprint density at radius 1 is 0.857 bits per heavy atom. The summed E-state index contributed by atoms with van der Waals surface area (Å²) in [5, 5.41) is 0. The largest absolute Gasteiger partial charge is 0.279 e. The van der Waals surface area contributed by atoms with Crippen LogP contribution >= 0.6 is 0 Å². The lowest BCUT2D eigenvalue weighted by molar-refractivity contribution is -0.114. The molecule has 0 unspecified atom stereocenters. The van der Waals surface area contributed by atoms with Crippen molar-refractivity contribution >= 4 is 0 Å². The van der Waals surface area contributed by atoms with Crippen molar-refractivity contribution in [3.05, 3.63) is 34.4 Å². The molecule has 0 amide bonds. The molecular formula is C19H30F2. The van der Waals surface area contributed by atoms with Crippen molar-refractivity contribution in [1.29, 1.82) is 0 Å². The number of benzene rings is 1. The van der Waals surface area contributed by atoms with Gasteiger partial charge in [-0.15, -0.1) is 0 Å². The van der Waals surface area contributed by atoms with Gasteiger partial charge in [0.25, 0.3) is 5.92 Å². The van der Waals surface area contributed by atoms with E-state index in [1.54, 1.807) is 0 Å². The Balaban J connectivity index is 0.000000510. The number of hydrogen-bond donors (Lipinski definition) is 0. The molecule has 21 heavy (non-hydrogen) atoms. The lowest BCUT2D eigenvalue weighted by atomic mass is 9.80. The molecule has 0 radical (unpaired) electrons. The first-order valence-corrected chi connectivity index (χ1v) is 8.45. The summed E-state index contributed by atoms with van der Waals surface area (Å²) < 4.78 is 29.5. The Kier molecular flexibility index (Phi) is 5.95. The summed E-state index contributed by atoms with van der Waals surface area (Å²) >= 11 is 0. The molecule has 1 aromatic carbocycles. The summed E-state index contributed by atoms with van der Waals surface area (Å²) in [7, 11) is 0. The molecule has 0 atom stereocenters. The Morgan fingerprint density at radius 2 is 1.33 bits per heavy atom. The van der Waals surface area contributed by atoms with Gasteiger partial charge in [0, 0.05) is 11.0 Å². The molecule has 0 bridgehead atoms. The Morgan fingerprint density at radius 3 is 1.81 bits per heavy atom. The predicted molar refractivity (Wildman–Crippen MR) is 87.1 cm³/mol. The maximum Gasteiger partial charge on any atom is 0.279 e. The van der Waals surface area contributed by atoms with Crippen molar-refractivity contribution in [2.45, 2.75) is 79.6 Å². The van der Waals surface area contributed by atoms with Crippen molar-refractivity contribution in [3.63, 3.8) is 0 Å². The zero-order valence-corrected chi connectivity index (χ0v) is 14.4. The van der Waals surface area contributed by atoms with E-state index in [-0.39, 0.29) is 0 Å². The van der Waals surface area contributed by atoms with Crippen molar-refractivity contribution < 1.29 is 8.78 Å². The number of rotatable bonds is 0. The highest BCUT2D eigenvalue weighted by atomic mass is 19.3. The predicted octanol–water partition coefficient (Wildman–Crippen LogP) is 6.56. The molecule has 0 aliphatic heterocycles. The fraction of sp³-hybridized carbons (Fsp3) is 0.684. The highest BCUT2D eigenvalue weighted by molar-refractivity contribution is 5.48. The van der Waals surface area contributed by atoms with Crippen molar-refractivity contribution in [2.75, 3.05) is 0 Å². The Labute approximate surface area is 129 Å². The van der Waals surface area contributed by atoms with Gasteiger partial charge in [0.15, 0.2) is 0 Å². The first-order chi connectivity index (χ1) is 9.98. The first-order valence-electron chi connectivity index (χ1n) is 8.45.